The minimum absolute atomic E-state index is 0.879. The highest BCUT2D eigenvalue weighted by Crippen LogP contribution is 2.31. The van der Waals surface area contributed by atoms with Crippen LogP contribution in [-0.2, 0) is 0 Å². The van der Waals surface area contributed by atoms with Crippen molar-refractivity contribution in [1.82, 2.24) is 15.0 Å². The van der Waals surface area contributed by atoms with Gasteiger partial charge in [-0.15, -0.1) is 0 Å². The van der Waals surface area contributed by atoms with Crippen molar-refractivity contribution in [3.05, 3.63) is 84.2 Å². The number of aromatic nitrogens is 3. The Morgan fingerprint density at radius 2 is 1.36 bits per heavy atom. The van der Waals surface area contributed by atoms with Gasteiger partial charge in [-0.2, -0.15) is 0 Å². The third-order valence-corrected chi connectivity index (χ3v) is 4.41. The summed E-state index contributed by atoms with van der Waals surface area (Å²) in [4.78, 5) is 13.8. The summed E-state index contributed by atoms with van der Waals surface area (Å²) in [5.74, 6) is 0. The molecule has 3 aromatic rings. The van der Waals surface area contributed by atoms with Gasteiger partial charge in [-0.25, -0.2) is 4.98 Å². The fourth-order valence-corrected chi connectivity index (χ4v) is 2.99. The Morgan fingerprint density at radius 3 is 1.84 bits per heavy atom. The third-order valence-electron chi connectivity index (χ3n) is 4.41. The Morgan fingerprint density at radius 1 is 0.720 bits per heavy atom. The highest BCUT2D eigenvalue weighted by atomic mass is 14.8. The molecule has 25 heavy (non-hydrogen) atoms. The molecule has 0 bridgehead atoms. The average molecular weight is 325 g/mol. The van der Waals surface area contributed by atoms with Crippen LogP contribution >= 0.6 is 0 Å². The summed E-state index contributed by atoms with van der Waals surface area (Å²) in [6.45, 7) is 2.18. The molecular formula is C22H19N3. The molecule has 0 amide bonds. The van der Waals surface area contributed by atoms with Gasteiger partial charge >= 0.3 is 0 Å². The maximum absolute atomic E-state index is 4.82. The van der Waals surface area contributed by atoms with E-state index in [9.17, 15) is 0 Å². The van der Waals surface area contributed by atoms with Crippen molar-refractivity contribution >= 4 is 5.57 Å². The molecule has 3 aromatic heterocycles. The summed E-state index contributed by atoms with van der Waals surface area (Å²) < 4.78 is 0. The van der Waals surface area contributed by atoms with E-state index in [1.165, 1.54) is 16.7 Å². The SMILES string of the molecule is CC1=CC=C(c2cc(-c3ccccn3)nc(-c3ccccn3)c2)CC1. The van der Waals surface area contributed by atoms with Gasteiger partial charge in [0.1, 0.15) is 0 Å². The van der Waals surface area contributed by atoms with E-state index in [1.54, 1.807) is 12.4 Å². The van der Waals surface area contributed by atoms with Crippen molar-refractivity contribution in [3.63, 3.8) is 0 Å². The van der Waals surface area contributed by atoms with E-state index in [-0.39, 0.29) is 0 Å². The summed E-state index contributed by atoms with van der Waals surface area (Å²) in [6.07, 6.45) is 10.2. The van der Waals surface area contributed by atoms with E-state index in [0.717, 1.165) is 35.6 Å². The van der Waals surface area contributed by atoms with Crippen LogP contribution in [0.5, 0.6) is 0 Å². The van der Waals surface area contributed by atoms with Gasteiger partial charge in [0, 0.05) is 12.4 Å². The van der Waals surface area contributed by atoms with Gasteiger partial charge in [0.25, 0.3) is 0 Å². The second-order valence-corrected chi connectivity index (χ2v) is 6.26. The zero-order valence-electron chi connectivity index (χ0n) is 14.2. The molecule has 3 heteroatoms. The standard InChI is InChI=1S/C22H19N3/c1-16-8-10-17(11-9-16)18-14-21(19-6-2-4-12-23-19)25-22(15-18)20-7-3-5-13-24-20/h2-8,10,12-15H,9,11H2,1H3. The fourth-order valence-electron chi connectivity index (χ4n) is 2.99. The molecule has 0 atom stereocenters. The lowest BCUT2D eigenvalue weighted by atomic mass is 9.93. The molecule has 0 aliphatic heterocycles. The fraction of sp³-hybridized carbons (Fsp3) is 0.136. The Balaban J connectivity index is 1.87. The van der Waals surface area contributed by atoms with Crippen LogP contribution in [0.3, 0.4) is 0 Å². The molecule has 3 nitrogen and oxygen atoms in total. The Labute approximate surface area is 147 Å². The van der Waals surface area contributed by atoms with Gasteiger partial charge in [-0.1, -0.05) is 29.9 Å². The predicted molar refractivity (Wildman–Crippen MR) is 102 cm³/mol. The number of hydrogen-bond donors (Lipinski definition) is 0. The molecule has 0 spiro atoms. The normalized spacial score (nSPS) is 14.0. The molecule has 0 N–H and O–H groups in total. The molecule has 1 aliphatic rings. The highest BCUT2D eigenvalue weighted by Gasteiger charge is 2.12. The quantitative estimate of drug-likeness (QED) is 0.653. The molecule has 0 saturated carbocycles. The second kappa shape index (κ2) is 6.81. The molecule has 3 heterocycles. The van der Waals surface area contributed by atoms with Crippen molar-refractivity contribution in [1.29, 1.82) is 0 Å². The van der Waals surface area contributed by atoms with Crippen LogP contribution in [0.1, 0.15) is 25.3 Å². The largest absolute Gasteiger partial charge is 0.255 e. The smallest absolute Gasteiger partial charge is 0.0900 e. The minimum atomic E-state index is 0.879. The lowest BCUT2D eigenvalue weighted by Gasteiger charge is -2.14. The first-order valence-corrected chi connectivity index (χ1v) is 8.51. The summed E-state index contributed by atoms with van der Waals surface area (Å²) in [5, 5.41) is 0. The van der Waals surface area contributed by atoms with Gasteiger partial charge in [-0.3, -0.25) is 9.97 Å². The van der Waals surface area contributed by atoms with Crippen molar-refractivity contribution in [3.8, 4) is 22.8 Å². The number of hydrogen-bond acceptors (Lipinski definition) is 3. The molecule has 0 fully saturated rings. The van der Waals surface area contributed by atoms with Crippen LogP contribution in [0.25, 0.3) is 28.3 Å². The van der Waals surface area contributed by atoms with Crippen molar-refractivity contribution in [2.24, 2.45) is 0 Å². The summed E-state index contributed by atoms with van der Waals surface area (Å²) in [6, 6.07) is 16.1. The van der Waals surface area contributed by atoms with Crippen LogP contribution in [0.15, 0.2) is 78.6 Å². The van der Waals surface area contributed by atoms with Gasteiger partial charge in [0.2, 0.25) is 0 Å². The van der Waals surface area contributed by atoms with E-state index in [1.807, 2.05) is 36.4 Å². The first-order chi connectivity index (χ1) is 12.3. The van der Waals surface area contributed by atoms with Crippen molar-refractivity contribution in [2.75, 3.05) is 0 Å². The van der Waals surface area contributed by atoms with Crippen molar-refractivity contribution in [2.45, 2.75) is 19.8 Å². The first kappa shape index (κ1) is 15.5. The topological polar surface area (TPSA) is 38.7 Å². The van der Waals surface area contributed by atoms with E-state index in [4.69, 9.17) is 4.98 Å². The molecule has 1 aliphatic carbocycles. The molecule has 0 aromatic carbocycles. The second-order valence-electron chi connectivity index (χ2n) is 6.26. The van der Waals surface area contributed by atoms with E-state index < -0.39 is 0 Å². The van der Waals surface area contributed by atoms with Crippen LogP contribution in [0.4, 0.5) is 0 Å². The lowest BCUT2D eigenvalue weighted by Crippen LogP contribution is -1.97. The van der Waals surface area contributed by atoms with Crippen LogP contribution < -0.4 is 0 Å². The molecule has 122 valence electrons. The molecule has 4 rings (SSSR count). The van der Waals surface area contributed by atoms with Crippen LogP contribution in [0.2, 0.25) is 0 Å². The molecule has 0 saturated heterocycles. The first-order valence-electron chi connectivity index (χ1n) is 8.51. The minimum Gasteiger partial charge on any atom is -0.255 e. The van der Waals surface area contributed by atoms with E-state index in [2.05, 4.69) is 41.2 Å². The lowest BCUT2D eigenvalue weighted by molar-refractivity contribution is 0.976. The van der Waals surface area contributed by atoms with E-state index >= 15 is 0 Å². The van der Waals surface area contributed by atoms with Gasteiger partial charge in [0.05, 0.1) is 22.8 Å². The number of allylic oxidation sites excluding steroid dienone is 4. The average Bonchev–Trinajstić information content (AvgIpc) is 2.69. The summed E-state index contributed by atoms with van der Waals surface area (Å²) >= 11 is 0. The zero-order valence-corrected chi connectivity index (χ0v) is 14.2. The summed E-state index contributed by atoms with van der Waals surface area (Å²) in [5.41, 5.74) is 7.47. The molecule has 0 unspecified atom stereocenters. The molecular weight excluding hydrogens is 306 g/mol. The summed E-state index contributed by atoms with van der Waals surface area (Å²) in [7, 11) is 0. The third kappa shape index (κ3) is 3.41. The number of nitrogens with zero attached hydrogens (tertiary/aromatic N) is 3. The Kier molecular flexibility index (Phi) is 4.21. The van der Waals surface area contributed by atoms with Crippen LogP contribution in [-0.4, -0.2) is 15.0 Å². The maximum Gasteiger partial charge on any atom is 0.0900 e. The molecule has 0 radical (unpaired) electrons. The van der Waals surface area contributed by atoms with Gasteiger partial charge in [0.15, 0.2) is 0 Å². The number of pyridine rings is 3. The Bertz CT molecular complexity index is 884. The Hall–Kier alpha value is -3.07. The zero-order chi connectivity index (χ0) is 17.1. The number of rotatable bonds is 3. The monoisotopic (exact) mass is 325 g/mol. The van der Waals surface area contributed by atoms with Crippen molar-refractivity contribution < 1.29 is 0 Å². The highest BCUT2D eigenvalue weighted by molar-refractivity contribution is 5.75. The van der Waals surface area contributed by atoms with Gasteiger partial charge in [-0.05, 0) is 67.3 Å². The maximum atomic E-state index is 4.82. The van der Waals surface area contributed by atoms with Gasteiger partial charge < -0.3 is 0 Å². The predicted octanol–water partition coefficient (Wildman–Crippen LogP) is 5.33. The van der Waals surface area contributed by atoms with E-state index in [0.29, 0.717) is 0 Å². The van der Waals surface area contributed by atoms with Crippen LogP contribution in [0, 0.1) is 0 Å².